The molecule has 3 nitrogen and oxygen atoms in total. The van der Waals surface area contributed by atoms with Gasteiger partial charge in [0.15, 0.2) is 5.54 Å². The van der Waals surface area contributed by atoms with E-state index in [0.717, 1.165) is 37.0 Å². The van der Waals surface area contributed by atoms with Crippen LogP contribution in [0.4, 0.5) is 0 Å². The molecule has 0 amide bonds. The monoisotopic (exact) mass is 293 g/mol. The number of carboxylic acid groups (broad SMARTS) is 1. The second kappa shape index (κ2) is 7.14. The maximum absolute atomic E-state index is 12.0. The van der Waals surface area contributed by atoms with Crippen molar-refractivity contribution in [1.29, 1.82) is 0 Å². The molecule has 1 aromatic rings. The summed E-state index contributed by atoms with van der Waals surface area (Å²) in [6.45, 7) is 2.16. The zero-order valence-electron chi connectivity index (χ0n) is 12.0. The number of carboxylic acids is 1. The Bertz CT molecular complexity index is 433. The molecule has 2 rings (SSSR count). The van der Waals surface area contributed by atoms with Crippen LogP contribution in [0.2, 0.25) is 0 Å². The molecule has 0 bridgehead atoms. The smallest absolute Gasteiger partial charge is 0.329 e. The average Bonchev–Trinajstić information content (AvgIpc) is 3.27. The minimum atomic E-state index is -0.944. The van der Waals surface area contributed by atoms with Crippen molar-refractivity contribution in [2.24, 2.45) is 0 Å². The first-order chi connectivity index (χ1) is 9.69. The second-order valence-corrected chi connectivity index (χ2v) is 6.51. The highest BCUT2D eigenvalue weighted by Crippen LogP contribution is 2.32. The fraction of sp³-hybridized carbons (Fsp3) is 0.562. The fourth-order valence-electron chi connectivity index (χ4n) is 2.23. The van der Waals surface area contributed by atoms with E-state index < -0.39 is 11.5 Å². The van der Waals surface area contributed by atoms with Gasteiger partial charge in [-0.15, -0.1) is 0 Å². The Labute approximate surface area is 125 Å². The number of hydrogen-bond acceptors (Lipinski definition) is 3. The van der Waals surface area contributed by atoms with Crippen molar-refractivity contribution in [3.05, 3.63) is 35.9 Å². The first kappa shape index (κ1) is 15.4. The molecule has 2 N–H and O–H groups in total. The van der Waals surface area contributed by atoms with Gasteiger partial charge in [-0.05, 0) is 30.6 Å². The lowest BCUT2D eigenvalue weighted by molar-refractivity contribution is -0.144. The lowest BCUT2D eigenvalue weighted by Crippen LogP contribution is -2.52. The van der Waals surface area contributed by atoms with Crippen LogP contribution in [0.15, 0.2) is 30.3 Å². The summed E-state index contributed by atoms with van der Waals surface area (Å²) in [6, 6.07) is 9.96. The summed E-state index contributed by atoms with van der Waals surface area (Å²) in [5.41, 5.74) is -0.0794. The molecule has 0 radical (unpaired) electrons. The molecule has 1 aliphatic carbocycles. The summed E-state index contributed by atoms with van der Waals surface area (Å²) < 4.78 is 0. The van der Waals surface area contributed by atoms with E-state index in [-0.39, 0.29) is 0 Å². The summed E-state index contributed by atoms with van der Waals surface area (Å²) >= 11 is 1.73. The van der Waals surface area contributed by atoms with Crippen LogP contribution in [0.1, 0.15) is 38.2 Å². The SMILES string of the molecule is CCCCSCC(NC1CC1)(C(=O)O)c1ccccc1. The normalized spacial score (nSPS) is 17.6. The molecule has 1 fully saturated rings. The van der Waals surface area contributed by atoms with Crippen molar-refractivity contribution >= 4 is 17.7 Å². The molecule has 1 unspecified atom stereocenters. The average molecular weight is 293 g/mol. The summed E-state index contributed by atoms with van der Waals surface area (Å²) in [6.07, 6.45) is 4.45. The molecule has 1 aromatic carbocycles. The summed E-state index contributed by atoms with van der Waals surface area (Å²) in [4.78, 5) is 12.0. The van der Waals surface area contributed by atoms with E-state index in [1.807, 2.05) is 30.3 Å². The highest BCUT2D eigenvalue weighted by molar-refractivity contribution is 7.99. The Morgan fingerprint density at radius 3 is 2.65 bits per heavy atom. The topological polar surface area (TPSA) is 49.3 Å². The molecule has 0 spiro atoms. The predicted octanol–water partition coefficient (Wildman–Crippen LogP) is 3.25. The van der Waals surface area contributed by atoms with Gasteiger partial charge < -0.3 is 5.11 Å². The van der Waals surface area contributed by atoms with Crippen LogP contribution in [-0.2, 0) is 10.3 Å². The standard InChI is InChI=1S/C16H23NO2S/c1-2-3-11-20-12-16(15(18)19,17-14-9-10-14)13-7-5-4-6-8-13/h4-8,14,17H,2-3,9-12H2,1H3,(H,18,19). The lowest BCUT2D eigenvalue weighted by atomic mass is 9.91. The molecule has 20 heavy (non-hydrogen) atoms. The number of nitrogens with one attached hydrogen (secondary N) is 1. The van der Waals surface area contributed by atoms with Gasteiger partial charge >= 0.3 is 5.97 Å². The molecule has 110 valence electrons. The van der Waals surface area contributed by atoms with E-state index in [1.54, 1.807) is 11.8 Å². The third kappa shape index (κ3) is 3.76. The molecule has 0 saturated heterocycles. The predicted molar refractivity (Wildman–Crippen MR) is 84.1 cm³/mol. The highest BCUT2D eigenvalue weighted by Gasteiger charge is 2.43. The maximum atomic E-state index is 12.0. The van der Waals surface area contributed by atoms with Crippen molar-refractivity contribution in [1.82, 2.24) is 5.32 Å². The molecular weight excluding hydrogens is 270 g/mol. The zero-order valence-corrected chi connectivity index (χ0v) is 12.8. The van der Waals surface area contributed by atoms with Crippen LogP contribution in [-0.4, -0.2) is 28.6 Å². The third-order valence-corrected chi connectivity index (χ3v) is 4.83. The van der Waals surface area contributed by atoms with Gasteiger partial charge in [-0.25, -0.2) is 4.79 Å². The van der Waals surface area contributed by atoms with E-state index in [0.29, 0.717) is 11.8 Å². The number of aliphatic carboxylic acids is 1. The molecule has 0 aromatic heterocycles. The quantitative estimate of drug-likeness (QED) is 0.686. The number of rotatable bonds is 9. The van der Waals surface area contributed by atoms with E-state index in [9.17, 15) is 9.90 Å². The summed E-state index contributed by atoms with van der Waals surface area (Å²) in [5, 5.41) is 13.2. The first-order valence-corrected chi connectivity index (χ1v) is 8.49. The molecule has 1 saturated carbocycles. The number of benzene rings is 1. The summed E-state index contributed by atoms with van der Waals surface area (Å²) in [5.74, 6) is 0.840. The van der Waals surface area contributed by atoms with Gasteiger partial charge in [-0.3, -0.25) is 5.32 Å². The van der Waals surface area contributed by atoms with Gasteiger partial charge in [0.2, 0.25) is 0 Å². The highest BCUT2D eigenvalue weighted by atomic mass is 32.2. The van der Waals surface area contributed by atoms with E-state index >= 15 is 0 Å². The van der Waals surface area contributed by atoms with Crippen LogP contribution in [0.25, 0.3) is 0 Å². The number of unbranched alkanes of at least 4 members (excludes halogenated alkanes) is 1. The number of hydrogen-bond donors (Lipinski definition) is 2. The lowest BCUT2D eigenvalue weighted by Gasteiger charge is -2.31. The Morgan fingerprint density at radius 2 is 2.10 bits per heavy atom. The van der Waals surface area contributed by atoms with Crippen molar-refractivity contribution in [2.75, 3.05) is 11.5 Å². The van der Waals surface area contributed by atoms with Gasteiger partial charge in [-0.2, -0.15) is 11.8 Å². The van der Waals surface area contributed by atoms with Crippen molar-refractivity contribution in [3.63, 3.8) is 0 Å². The summed E-state index contributed by atoms with van der Waals surface area (Å²) in [7, 11) is 0. The van der Waals surface area contributed by atoms with Gasteiger partial charge in [0.25, 0.3) is 0 Å². The number of thioether (sulfide) groups is 1. The molecule has 1 aliphatic rings. The minimum Gasteiger partial charge on any atom is -0.480 e. The molecule has 0 aliphatic heterocycles. The largest absolute Gasteiger partial charge is 0.480 e. The van der Waals surface area contributed by atoms with Crippen molar-refractivity contribution in [2.45, 2.75) is 44.2 Å². The third-order valence-electron chi connectivity index (χ3n) is 3.62. The van der Waals surface area contributed by atoms with Crippen molar-refractivity contribution < 1.29 is 9.90 Å². The zero-order chi connectivity index (χ0) is 14.4. The van der Waals surface area contributed by atoms with Crippen LogP contribution in [0.3, 0.4) is 0 Å². The van der Waals surface area contributed by atoms with E-state index in [4.69, 9.17) is 0 Å². The van der Waals surface area contributed by atoms with Gasteiger partial charge in [-0.1, -0.05) is 43.7 Å². The van der Waals surface area contributed by atoms with Crippen molar-refractivity contribution in [3.8, 4) is 0 Å². The van der Waals surface area contributed by atoms with E-state index in [1.165, 1.54) is 0 Å². The Kier molecular flexibility index (Phi) is 5.49. The Balaban J connectivity index is 2.17. The second-order valence-electron chi connectivity index (χ2n) is 5.40. The molecular formula is C16H23NO2S. The van der Waals surface area contributed by atoms with Gasteiger partial charge in [0.1, 0.15) is 0 Å². The molecule has 0 heterocycles. The fourth-order valence-corrected chi connectivity index (χ4v) is 3.54. The maximum Gasteiger partial charge on any atom is 0.329 e. The first-order valence-electron chi connectivity index (χ1n) is 7.33. The Morgan fingerprint density at radius 1 is 1.40 bits per heavy atom. The van der Waals surface area contributed by atoms with Gasteiger partial charge in [0, 0.05) is 11.8 Å². The molecule has 4 heteroatoms. The van der Waals surface area contributed by atoms with Crippen LogP contribution < -0.4 is 5.32 Å². The van der Waals surface area contributed by atoms with E-state index in [2.05, 4.69) is 12.2 Å². The van der Waals surface area contributed by atoms with Crippen LogP contribution >= 0.6 is 11.8 Å². The number of carbonyl (C=O) groups is 1. The molecule has 1 atom stereocenters. The minimum absolute atomic E-state index is 0.359. The van der Waals surface area contributed by atoms with Crippen LogP contribution in [0, 0.1) is 0 Å². The van der Waals surface area contributed by atoms with Crippen LogP contribution in [0.5, 0.6) is 0 Å². The Hall–Kier alpha value is -1.00. The van der Waals surface area contributed by atoms with Gasteiger partial charge in [0.05, 0.1) is 0 Å².